The van der Waals surface area contributed by atoms with E-state index in [0.717, 1.165) is 26.3 Å². The Balaban J connectivity index is 2.16. The van der Waals surface area contributed by atoms with Crippen molar-refractivity contribution < 1.29 is 9.53 Å². The number of amides is 1. The summed E-state index contributed by atoms with van der Waals surface area (Å²) in [4.78, 5) is 12.3. The molecule has 20 heavy (non-hydrogen) atoms. The smallest absolute Gasteiger partial charge is 0.221 e. The van der Waals surface area contributed by atoms with Crippen LogP contribution >= 0.6 is 22.9 Å². The second-order valence-corrected chi connectivity index (χ2v) is 5.95. The summed E-state index contributed by atoms with van der Waals surface area (Å²) < 4.78 is 5.96. The van der Waals surface area contributed by atoms with Crippen molar-refractivity contribution in [3.05, 3.63) is 39.5 Å². The molecule has 1 heterocycles. The molecule has 0 saturated heterocycles. The second kappa shape index (κ2) is 6.63. The normalized spacial score (nSPS) is 10.2. The third-order valence-electron chi connectivity index (χ3n) is 2.62. The zero-order valence-corrected chi connectivity index (χ0v) is 12.8. The molecule has 0 saturated carbocycles. The van der Waals surface area contributed by atoms with Gasteiger partial charge in [0.2, 0.25) is 5.91 Å². The Morgan fingerprint density at radius 1 is 1.30 bits per heavy atom. The van der Waals surface area contributed by atoms with E-state index < -0.39 is 0 Å². The molecule has 2 N–H and O–H groups in total. The number of halogens is 1. The van der Waals surface area contributed by atoms with Crippen LogP contribution in [0.3, 0.4) is 0 Å². The molecule has 1 amide bonds. The molecule has 0 aliphatic carbocycles. The molecule has 4 nitrogen and oxygen atoms in total. The lowest BCUT2D eigenvalue weighted by molar-refractivity contribution is -0.114. The van der Waals surface area contributed by atoms with Crippen LogP contribution in [0.4, 0.5) is 11.4 Å². The van der Waals surface area contributed by atoms with Gasteiger partial charge in [-0.1, -0.05) is 11.6 Å². The van der Waals surface area contributed by atoms with Gasteiger partial charge in [-0.15, -0.1) is 11.3 Å². The SMILES string of the molecule is COc1ccc(NC(C)=O)c(NCc2ccc(Cl)s2)c1. The molecule has 1 aromatic heterocycles. The fourth-order valence-corrected chi connectivity index (χ4v) is 2.75. The third kappa shape index (κ3) is 3.88. The Bertz CT molecular complexity index is 613. The minimum Gasteiger partial charge on any atom is -0.497 e. The van der Waals surface area contributed by atoms with Gasteiger partial charge >= 0.3 is 0 Å². The molecule has 2 rings (SSSR count). The minimum atomic E-state index is -0.114. The molecule has 0 fully saturated rings. The molecular weight excluding hydrogens is 296 g/mol. The molecule has 1 aromatic carbocycles. The van der Waals surface area contributed by atoms with E-state index in [9.17, 15) is 4.79 Å². The van der Waals surface area contributed by atoms with E-state index in [4.69, 9.17) is 16.3 Å². The van der Waals surface area contributed by atoms with Crippen LogP contribution in [0.2, 0.25) is 4.34 Å². The molecule has 106 valence electrons. The number of rotatable bonds is 5. The Kier molecular flexibility index (Phi) is 4.87. The van der Waals surface area contributed by atoms with Crippen LogP contribution in [0, 0.1) is 0 Å². The van der Waals surface area contributed by atoms with Crippen LogP contribution in [0.5, 0.6) is 5.75 Å². The van der Waals surface area contributed by atoms with Gasteiger partial charge in [0.1, 0.15) is 5.75 Å². The maximum absolute atomic E-state index is 11.2. The zero-order chi connectivity index (χ0) is 14.5. The van der Waals surface area contributed by atoms with Gasteiger partial charge < -0.3 is 15.4 Å². The predicted molar refractivity (Wildman–Crippen MR) is 84.0 cm³/mol. The molecule has 0 atom stereocenters. The van der Waals surface area contributed by atoms with E-state index in [2.05, 4.69) is 10.6 Å². The molecule has 6 heteroatoms. The van der Waals surface area contributed by atoms with E-state index in [-0.39, 0.29) is 5.91 Å². The lowest BCUT2D eigenvalue weighted by Gasteiger charge is -2.13. The summed E-state index contributed by atoms with van der Waals surface area (Å²) in [6.07, 6.45) is 0. The van der Waals surface area contributed by atoms with Crippen molar-refractivity contribution in [3.63, 3.8) is 0 Å². The van der Waals surface area contributed by atoms with Crippen LogP contribution in [0.15, 0.2) is 30.3 Å². The number of hydrogen-bond donors (Lipinski definition) is 2. The number of methoxy groups -OCH3 is 1. The van der Waals surface area contributed by atoms with Gasteiger partial charge in [-0.3, -0.25) is 4.79 Å². The van der Waals surface area contributed by atoms with Crippen LogP contribution in [0.25, 0.3) is 0 Å². The molecule has 0 aliphatic heterocycles. The number of carbonyl (C=O) groups excluding carboxylic acids is 1. The molecule has 0 aliphatic rings. The molecule has 0 spiro atoms. The van der Waals surface area contributed by atoms with Crippen molar-refractivity contribution in [1.29, 1.82) is 0 Å². The van der Waals surface area contributed by atoms with Crippen LogP contribution < -0.4 is 15.4 Å². The van der Waals surface area contributed by atoms with Gasteiger partial charge in [-0.05, 0) is 24.3 Å². The number of benzene rings is 1. The highest BCUT2D eigenvalue weighted by Gasteiger charge is 2.07. The van der Waals surface area contributed by atoms with Gasteiger partial charge in [0.15, 0.2) is 0 Å². The lowest BCUT2D eigenvalue weighted by Crippen LogP contribution is -2.09. The first kappa shape index (κ1) is 14.7. The number of carbonyl (C=O) groups is 1. The number of thiophene rings is 1. The fraction of sp³-hybridized carbons (Fsp3) is 0.214. The van der Waals surface area contributed by atoms with Gasteiger partial charge in [0.05, 0.1) is 22.8 Å². The summed E-state index contributed by atoms with van der Waals surface area (Å²) in [7, 11) is 1.61. The van der Waals surface area contributed by atoms with E-state index in [0.29, 0.717) is 6.54 Å². The summed E-state index contributed by atoms with van der Waals surface area (Å²) in [5.41, 5.74) is 1.53. The molecular formula is C14H15ClN2O2S. The quantitative estimate of drug-likeness (QED) is 0.878. The molecule has 2 aromatic rings. The van der Waals surface area contributed by atoms with E-state index >= 15 is 0 Å². The summed E-state index contributed by atoms with van der Waals surface area (Å²) in [5, 5.41) is 6.07. The highest BCUT2D eigenvalue weighted by Crippen LogP contribution is 2.29. The van der Waals surface area contributed by atoms with E-state index in [1.165, 1.54) is 18.3 Å². The van der Waals surface area contributed by atoms with Crippen molar-refractivity contribution in [2.24, 2.45) is 0 Å². The fourth-order valence-electron chi connectivity index (χ4n) is 1.72. The van der Waals surface area contributed by atoms with Crippen molar-refractivity contribution >= 4 is 40.2 Å². The van der Waals surface area contributed by atoms with E-state index in [1.54, 1.807) is 13.2 Å². The summed E-state index contributed by atoms with van der Waals surface area (Å²) in [5.74, 6) is 0.614. The van der Waals surface area contributed by atoms with E-state index in [1.807, 2.05) is 24.3 Å². The largest absolute Gasteiger partial charge is 0.497 e. The van der Waals surface area contributed by atoms with Crippen molar-refractivity contribution in [1.82, 2.24) is 0 Å². The van der Waals surface area contributed by atoms with Crippen molar-refractivity contribution in [2.45, 2.75) is 13.5 Å². The maximum atomic E-state index is 11.2. The second-order valence-electron chi connectivity index (χ2n) is 4.15. The topological polar surface area (TPSA) is 50.4 Å². The van der Waals surface area contributed by atoms with Crippen molar-refractivity contribution in [2.75, 3.05) is 17.7 Å². The van der Waals surface area contributed by atoms with Gasteiger partial charge in [0, 0.05) is 24.4 Å². The number of ether oxygens (including phenoxy) is 1. The Hall–Kier alpha value is -1.72. The van der Waals surface area contributed by atoms with Gasteiger partial charge in [-0.2, -0.15) is 0 Å². The average Bonchev–Trinajstić information content (AvgIpc) is 2.83. The monoisotopic (exact) mass is 310 g/mol. The molecule has 0 unspecified atom stereocenters. The Morgan fingerprint density at radius 3 is 2.70 bits per heavy atom. The number of hydrogen-bond acceptors (Lipinski definition) is 4. The van der Waals surface area contributed by atoms with Crippen molar-refractivity contribution in [3.8, 4) is 5.75 Å². The first-order valence-corrected chi connectivity index (χ1v) is 7.21. The number of anilines is 2. The average molecular weight is 311 g/mol. The lowest BCUT2D eigenvalue weighted by atomic mass is 10.2. The summed E-state index contributed by atoms with van der Waals surface area (Å²) >= 11 is 7.42. The maximum Gasteiger partial charge on any atom is 0.221 e. The highest BCUT2D eigenvalue weighted by atomic mass is 35.5. The summed E-state index contributed by atoms with van der Waals surface area (Å²) in [6.45, 7) is 2.12. The minimum absolute atomic E-state index is 0.114. The predicted octanol–water partition coefficient (Wildman–Crippen LogP) is 3.98. The standard InChI is InChI=1S/C14H15ClN2O2S/c1-9(18)17-12-5-3-10(19-2)7-13(12)16-8-11-4-6-14(15)20-11/h3-7,16H,8H2,1-2H3,(H,17,18). The van der Waals surface area contributed by atoms with Gasteiger partial charge in [-0.25, -0.2) is 0 Å². The summed E-state index contributed by atoms with van der Waals surface area (Å²) in [6, 6.07) is 9.30. The van der Waals surface area contributed by atoms with Gasteiger partial charge in [0.25, 0.3) is 0 Å². The third-order valence-corrected chi connectivity index (χ3v) is 3.85. The number of nitrogens with one attached hydrogen (secondary N) is 2. The first-order valence-electron chi connectivity index (χ1n) is 6.02. The molecule has 0 bridgehead atoms. The first-order chi connectivity index (χ1) is 9.58. The Morgan fingerprint density at radius 2 is 2.10 bits per heavy atom. The van der Waals surface area contributed by atoms with Crippen LogP contribution in [0.1, 0.15) is 11.8 Å². The molecule has 0 radical (unpaired) electrons. The Labute approximate surface area is 126 Å². The van der Waals surface area contributed by atoms with Crippen LogP contribution in [-0.4, -0.2) is 13.0 Å². The zero-order valence-electron chi connectivity index (χ0n) is 11.2. The highest BCUT2D eigenvalue weighted by molar-refractivity contribution is 7.16. The van der Waals surface area contributed by atoms with Crippen LogP contribution in [-0.2, 0) is 11.3 Å².